The second-order valence-electron chi connectivity index (χ2n) is 5.10. The van der Waals surface area contributed by atoms with Crippen LogP contribution in [0.2, 0.25) is 0 Å². The molecule has 108 valence electrons. The molecular weight excluding hydrogens is 280 g/mol. The van der Waals surface area contributed by atoms with Gasteiger partial charge in [0, 0.05) is 10.9 Å². The Bertz CT molecular complexity index is 502. The van der Waals surface area contributed by atoms with E-state index in [0.29, 0.717) is 4.21 Å². The van der Waals surface area contributed by atoms with Gasteiger partial charge in [0.2, 0.25) is 10.0 Å². The summed E-state index contributed by atoms with van der Waals surface area (Å²) < 4.78 is 27.7. The highest BCUT2D eigenvalue weighted by Crippen LogP contribution is 2.22. The summed E-state index contributed by atoms with van der Waals surface area (Å²) in [6.45, 7) is 7.19. The molecule has 0 aromatic carbocycles. The van der Waals surface area contributed by atoms with Gasteiger partial charge < -0.3 is 4.90 Å². The van der Waals surface area contributed by atoms with Crippen molar-refractivity contribution in [2.45, 2.75) is 43.4 Å². The van der Waals surface area contributed by atoms with Crippen molar-refractivity contribution in [1.82, 2.24) is 9.62 Å². The van der Waals surface area contributed by atoms with E-state index in [-0.39, 0.29) is 6.04 Å². The van der Waals surface area contributed by atoms with Crippen LogP contribution in [0, 0.1) is 6.92 Å². The maximum absolute atomic E-state index is 12.2. The Balaban J connectivity index is 1.92. The first kappa shape index (κ1) is 15.0. The van der Waals surface area contributed by atoms with Crippen LogP contribution in [0.1, 0.15) is 31.1 Å². The van der Waals surface area contributed by atoms with E-state index in [0.717, 1.165) is 43.8 Å². The molecule has 0 aliphatic carbocycles. The van der Waals surface area contributed by atoms with Crippen LogP contribution in [0.25, 0.3) is 0 Å². The quantitative estimate of drug-likeness (QED) is 0.907. The number of piperidine rings is 1. The van der Waals surface area contributed by atoms with Crippen molar-refractivity contribution < 1.29 is 8.42 Å². The molecule has 4 nitrogen and oxygen atoms in total. The van der Waals surface area contributed by atoms with Crippen molar-refractivity contribution in [3.8, 4) is 0 Å². The van der Waals surface area contributed by atoms with Crippen LogP contribution in [0.5, 0.6) is 0 Å². The van der Waals surface area contributed by atoms with Gasteiger partial charge in [0.25, 0.3) is 0 Å². The largest absolute Gasteiger partial charge is 0.303 e. The molecule has 1 aromatic rings. The average molecular weight is 302 g/mol. The number of hydrogen-bond acceptors (Lipinski definition) is 4. The second-order valence-corrected chi connectivity index (χ2v) is 8.33. The van der Waals surface area contributed by atoms with Gasteiger partial charge in [-0.2, -0.15) is 0 Å². The van der Waals surface area contributed by atoms with Gasteiger partial charge in [-0.1, -0.05) is 6.92 Å². The van der Waals surface area contributed by atoms with E-state index in [1.54, 1.807) is 6.07 Å². The number of likely N-dealkylation sites (tertiary alicyclic amines) is 1. The lowest BCUT2D eigenvalue weighted by Gasteiger charge is -2.31. The molecule has 1 saturated heterocycles. The van der Waals surface area contributed by atoms with Crippen LogP contribution in [-0.2, 0) is 10.0 Å². The third kappa shape index (κ3) is 4.02. The molecule has 1 aliphatic rings. The molecule has 19 heavy (non-hydrogen) atoms. The van der Waals surface area contributed by atoms with Gasteiger partial charge in [0.05, 0.1) is 0 Å². The van der Waals surface area contributed by atoms with Crippen LogP contribution < -0.4 is 4.72 Å². The molecule has 2 rings (SSSR count). The van der Waals surface area contributed by atoms with Crippen LogP contribution in [0.3, 0.4) is 0 Å². The lowest BCUT2D eigenvalue weighted by atomic mass is 10.1. The molecule has 0 spiro atoms. The normalized spacial score (nSPS) is 18.8. The zero-order valence-electron chi connectivity index (χ0n) is 11.6. The molecule has 1 aliphatic heterocycles. The highest BCUT2D eigenvalue weighted by Gasteiger charge is 2.25. The van der Waals surface area contributed by atoms with Gasteiger partial charge in [-0.3, -0.25) is 0 Å². The van der Waals surface area contributed by atoms with E-state index in [4.69, 9.17) is 0 Å². The number of nitrogens with one attached hydrogen (secondary N) is 1. The molecule has 2 heterocycles. The molecule has 6 heteroatoms. The van der Waals surface area contributed by atoms with Crippen LogP contribution in [0.4, 0.5) is 0 Å². The molecule has 0 radical (unpaired) electrons. The van der Waals surface area contributed by atoms with Gasteiger partial charge >= 0.3 is 0 Å². The van der Waals surface area contributed by atoms with E-state index >= 15 is 0 Å². The fraction of sp³-hybridized carbons (Fsp3) is 0.692. The van der Waals surface area contributed by atoms with E-state index in [1.807, 2.05) is 13.0 Å². The molecule has 0 unspecified atom stereocenters. The fourth-order valence-electron chi connectivity index (χ4n) is 2.42. The molecule has 1 aromatic heterocycles. The molecule has 0 saturated carbocycles. The van der Waals surface area contributed by atoms with Crippen LogP contribution in [0.15, 0.2) is 16.3 Å². The summed E-state index contributed by atoms with van der Waals surface area (Å²) in [6, 6.07) is 3.62. The summed E-state index contributed by atoms with van der Waals surface area (Å²) in [4.78, 5) is 3.43. The van der Waals surface area contributed by atoms with E-state index in [1.165, 1.54) is 11.3 Å². The summed E-state index contributed by atoms with van der Waals surface area (Å²) in [7, 11) is -3.32. The molecule has 1 N–H and O–H groups in total. The minimum absolute atomic E-state index is 0.0838. The van der Waals surface area contributed by atoms with Gasteiger partial charge in [0.1, 0.15) is 4.21 Å². The Hall–Kier alpha value is -0.430. The monoisotopic (exact) mass is 302 g/mol. The number of nitrogens with zero attached hydrogens (tertiary/aromatic N) is 1. The number of rotatable bonds is 5. The second kappa shape index (κ2) is 6.35. The first-order valence-electron chi connectivity index (χ1n) is 6.82. The zero-order valence-corrected chi connectivity index (χ0v) is 13.2. The SMILES string of the molecule is CCCN1CCC(NS(=O)(=O)c2ccc(C)s2)CC1. The van der Waals surface area contributed by atoms with E-state index in [2.05, 4.69) is 16.5 Å². The summed E-state index contributed by atoms with van der Waals surface area (Å²) in [5.74, 6) is 0. The minimum Gasteiger partial charge on any atom is -0.303 e. The summed E-state index contributed by atoms with van der Waals surface area (Å²) in [5, 5.41) is 0. The Labute approximate surface area is 119 Å². The Morgan fingerprint density at radius 3 is 2.58 bits per heavy atom. The average Bonchev–Trinajstić information content (AvgIpc) is 2.79. The summed E-state index contributed by atoms with van der Waals surface area (Å²) >= 11 is 1.33. The van der Waals surface area contributed by atoms with Crippen LogP contribution in [-0.4, -0.2) is 39.0 Å². The van der Waals surface area contributed by atoms with Crippen molar-refractivity contribution in [2.75, 3.05) is 19.6 Å². The highest BCUT2D eigenvalue weighted by atomic mass is 32.2. The van der Waals surface area contributed by atoms with Crippen molar-refractivity contribution >= 4 is 21.4 Å². The van der Waals surface area contributed by atoms with Crippen molar-refractivity contribution in [1.29, 1.82) is 0 Å². The lowest BCUT2D eigenvalue weighted by Crippen LogP contribution is -2.44. The number of hydrogen-bond donors (Lipinski definition) is 1. The third-order valence-electron chi connectivity index (χ3n) is 3.43. The van der Waals surface area contributed by atoms with Gasteiger partial charge in [-0.25, -0.2) is 13.1 Å². The molecule has 0 amide bonds. The lowest BCUT2D eigenvalue weighted by molar-refractivity contribution is 0.208. The van der Waals surface area contributed by atoms with Crippen molar-refractivity contribution in [3.05, 3.63) is 17.0 Å². The van der Waals surface area contributed by atoms with Gasteiger partial charge in [-0.05, 0) is 58.0 Å². The maximum atomic E-state index is 12.2. The van der Waals surface area contributed by atoms with Crippen molar-refractivity contribution in [3.63, 3.8) is 0 Å². The minimum atomic E-state index is -3.32. The predicted molar refractivity (Wildman–Crippen MR) is 79.1 cm³/mol. The number of sulfonamides is 1. The van der Waals surface area contributed by atoms with Crippen molar-refractivity contribution in [2.24, 2.45) is 0 Å². The predicted octanol–water partition coefficient (Wildman–Crippen LogP) is 2.21. The number of thiophene rings is 1. The zero-order chi connectivity index (χ0) is 13.9. The molecule has 0 bridgehead atoms. The van der Waals surface area contributed by atoms with E-state index in [9.17, 15) is 8.42 Å². The fourth-order valence-corrected chi connectivity index (χ4v) is 5.03. The highest BCUT2D eigenvalue weighted by molar-refractivity contribution is 7.91. The standard InChI is InChI=1S/C13H22N2O2S2/c1-3-8-15-9-6-12(7-10-15)14-19(16,17)13-5-4-11(2)18-13/h4-5,12,14H,3,6-10H2,1-2H3. The summed E-state index contributed by atoms with van der Waals surface area (Å²) in [6.07, 6.45) is 2.97. The Morgan fingerprint density at radius 1 is 1.37 bits per heavy atom. The Kier molecular flexibility index (Phi) is 5.00. The topological polar surface area (TPSA) is 49.4 Å². The Morgan fingerprint density at radius 2 is 2.05 bits per heavy atom. The number of aryl methyl sites for hydroxylation is 1. The van der Waals surface area contributed by atoms with Gasteiger partial charge in [-0.15, -0.1) is 11.3 Å². The first-order valence-corrected chi connectivity index (χ1v) is 9.12. The molecule has 0 atom stereocenters. The van der Waals surface area contributed by atoms with Gasteiger partial charge in [0.15, 0.2) is 0 Å². The maximum Gasteiger partial charge on any atom is 0.250 e. The first-order chi connectivity index (χ1) is 9.01. The third-order valence-corrected chi connectivity index (χ3v) is 6.44. The van der Waals surface area contributed by atoms with E-state index < -0.39 is 10.0 Å². The smallest absolute Gasteiger partial charge is 0.250 e. The molecule has 1 fully saturated rings. The molecular formula is C13H22N2O2S2. The van der Waals surface area contributed by atoms with Crippen LogP contribution >= 0.6 is 11.3 Å². The summed E-state index contributed by atoms with van der Waals surface area (Å²) in [5.41, 5.74) is 0.